The van der Waals surface area contributed by atoms with Gasteiger partial charge in [0.25, 0.3) is 0 Å². The van der Waals surface area contributed by atoms with Gasteiger partial charge in [-0.25, -0.2) is 0 Å². The van der Waals surface area contributed by atoms with Gasteiger partial charge in [-0.15, -0.1) is 6.42 Å². The van der Waals surface area contributed by atoms with Gasteiger partial charge in [0.05, 0.1) is 11.7 Å². The van der Waals surface area contributed by atoms with Gasteiger partial charge < -0.3 is 5.32 Å². The van der Waals surface area contributed by atoms with E-state index in [0.717, 1.165) is 12.1 Å². The van der Waals surface area contributed by atoms with Gasteiger partial charge in [0, 0.05) is 7.05 Å². The molecule has 0 saturated carbocycles. The molecule has 0 spiro atoms. The molecule has 15 heavy (non-hydrogen) atoms. The van der Waals surface area contributed by atoms with Gasteiger partial charge in [0.15, 0.2) is 0 Å². The van der Waals surface area contributed by atoms with Crippen LogP contribution in [0.25, 0.3) is 0 Å². The molecule has 1 atom stereocenters. The van der Waals surface area contributed by atoms with E-state index in [9.17, 15) is 0 Å². The molecule has 1 aromatic heterocycles. The summed E-state index contributed by atoms with van der Waals surface area (Å²) < 4.78 is 1.65. The molecule has 0 aliphatic rings. The Hall–Kier alpha value is -1.94. The van der Waals surface area contributed by atoms with Crippen LogP contribution in [-0.2, 0) is 7.05 Å². The lowest BCUT2D eigenvalue weighted by atomic mass is 10.2. The minimum absolute atomic E-state index is 0.0631. The van der Waals surface area contributed by atoms with E-state index in [1.807, 2.05) is 6.92 Å². The van der Waals surface area contributed by atoms with Crippen molar-refractivity contribution in [2.24, 2.45) is 7.05 Å². The Morgan fingerprint density at radius 3 is 2.80 bits per heavy atom. The van der Waals surface area contributed by atoms with Crippen molar-refractivity contribution >= 4 is 5.82 Å². The molecule has 0 aliphatic carbocycles. The van der Waals surface area contributed by atoms with Crippen molar-refractivity contribution in [2.45, 2.75) is 26.3 Å². The number of nitrogens with zero attached hydrogens (tertiary/aromatic N) is 3. The van der Waals surface area contributed by atoms with Crippen molar-refractivity contribution in [3.63, 3.8) is 0 Å². The minimum Gasteiger partial charge on any atom is -0.356 e. The molecule has 0 aliphatic heterocycles. The van der Waals surface area contributed by atoms with E-state index in [1.54, 1.807) is 18.7 Å². The number of hydrogen-bond acceptors (Lipinski definition) is 3. The predicted octanol–water partition coefficient (Wildman–Crippen LogP) is 1.42. The molecule has 1 aromatic rings. The fourth-order valence-corrected chi connectivity index (χ4v) is 1.38. The van der Waals surface area contributed by atoms with E-state index in [0.29, 0.717) is 11.4 Å². The van der Waals surface area contributed by atoms with Gasteiger partial charge in [-0.3, -0.25) is 4.68 Å². The van der Waals surface area contributed by atoms with Crippen LogP contribution in [0.2, 0.25) is 0 Å². The Morgan fingerprint density at radius 2 is 2.33 bits per heavy atom. The molecule has 0 fully saturated rings. The molecule has 78 valence electrons. The number of nitrogens with one attached hydrogen (secondary N) is 1. The summed E-state index contributed by atoms with van der Waals surface area (Å²) in [5, 5.41) is 16.3. The van der Waals surface area contributed by atoms with Gasteiger partial charge in [-0.1, -0.05) is 12.8 Å². The highest BCUT2D eigenvalue weighted by atomic mass is 15.3. The Kier molecular flexibility index (Phi) is 3.36. The van der Waals surface area contributed by atoms with Gasteiger partial charge in [0.1, 0.15) is 17.5 Å². The highest BCUT2D eigenvalue weighted by Gasteiger charge is 2.14. The number of hydrogen-bond donors (Lipinski definition) is 1. The fourth-order valence-electron chi connectivity index (χ4n) is 1.38. The van der Waals surface area contributed by atoms with E-state index in [-0.39, 0.29) is 6.04 Å². The molecule has 0 radical (unpaired) electrons. The van der Waals surface area contributed by atoms with E-state index in [1.165, 1.54) is 0 Å². The Labute approximate surface area is 89.9 Å². The number of terminal acetylenes is 1. The average molecular weight is 202 g/mol. The number of rotatable bonds is 3. The Balaban J connectivity index is 3.05. The number of aromatic nitrogens is 2. The summed E-state index contributed by atoms with van der Waals surface area (Å²) in [5.41, 5.74) is 1.28. The van der Waals surface area contributed by atoms with Crippen LogP contribution < -0.4 is 5.32 Å². The first-order valence-electron chi connectivity index (χ1n) is 4.80. The number of nitriles is 1. The molecule has 0 bridgehead atoms. The third-order valence-corrected chi connectivity index (χ3v) is 2.25. The summed E-state index contributed by atoms with van der Waals surface area (Å²) in [7, 11) is 1.79. The lowest BCUT2D eigenvalue weighted by molar-refractivity contribution is 0.743. The Morgan fingerprint density at radius 1 is 1.67 bits per heavy atom. The highest BCUT2D eigenvalue weighted by Crippen LogP contribution is 2.18. The van der Waals surface area contributed by atoms with Crippen LogP contribution in [-0.4, -0.2) is 15.8 Å². The normalized spacial score (nSPS) is 11.5. The molecule has 1 heterocycles. The quantitative estimate of drug-likeness (QED) is 0.754. The second kappa shape index (κ2) is 4.52. The maximum atomic E-state index is 8.98. The summed E-state index contributed by atoms with van der Waals surface area (Å²) >= 11 is 0. The van der Waals surface area contributed by atoms with E-state index in [2.05, 4.69) is 22.4 Å². The van der Waals surface area contributed by atoms with Gasteiger partial charge in [-0.2, -0.15) is 10.4 Å². The maximum Gasteiger partial charge on any atom is 0.143 e. The number of anilines is 1. The van der Waals surface area contributed by atoms with Gasteiger partial charge >= 0.3 is 0 Å². The summed E-state index contributed by atoms with van der Waals surface area (Å²) in [4.78, 5) is 0. The van der Waals surface area contributed by atoms with Crippen LogP contribution in [0.4, 0.5) is 5.82 Å². The summed E-state index contributed by atoms with van der Waals surface area (Å²) in [6.45, 7) is 3.80. The van der Waals surface area contributed by atoms with Crippen LogP contribution in [0, 0.1) is 30.6 Å². The molecule has 0 aromatic carbocycles. The van der Waals surface area contributed by atoms with Crippen LogP contribution in [0.3, 0.4) is 0 Å². The fraction of sp³-hybridized carbons (Fsp3) is 0.455. The highest BCUT2D eigenvalue weighted by molar-refractivity contribution is 5.56. The van der Waals surface area contributed by atoms with E-state index < -0.39 is 0 Å². The molecular formula is C11H14N4. The minimum atomic E-state index is -0.0631. The molecule has 4 nitrogen and oxygen atoms in total. The molecule has 4 heteroatoms. The average Bonchev–Trinajstić information content (AvgIpc) is 2.49. The first-order chi connectivity index (χ1) is 7.13. The summed E-state index contributed by atoms with van der Waals surface area (Å²) in [5.74, 6) is 3.32. The zero-order valence-corrected chi connectivity index (χ0v) is 9.20. The third kappa shape index (κ3) is 2.11. The van der Waals surface area contributed by atoms with E-state index in [4.69, 9.17) is 11.7 Å². The summed E-state index contributed by atoms with van der Waals surface area (Å²) in [6.07, 6.45) is 6.17. The van der Waals surface area contributed by atoms with Crippen molar-refractivity contribution in [1.29, 1.82) is 5.26 Å². The molecule has 0 amide bonds. The first-order valence-corrected chi connectivity index (χ1v) is 4.80. The standard InChI is InChI=1S/C11H14N4/c1-5-9(6-2)13-11-10(7-12)8(3)14-15(11)4/h1,9,13H,6H2,2-4H3. The largest absolute Gasteiger partial charge is 0.356 e. The zero-order chi connectivity index (χ0) is 11.4. The lowest BCUT2D eigenvalue weighted by Crippen LogP contribution is -2.18. The number of aryl methyl sites for hydroxylation is 2. The van der Waals surface area contributed by atoms with Crippen molar-refractivity contribution in [3.8, 4) is 18.4 Å². The second-order valence-corrected chi connectivity index (χ2v) is 3.32. The summed E-state index contributed by atoms with van der Waals surface area (Å²) in [6, 6.07) is 2.06. The first kappa shape index (κ1) is 11.1. The maximum absolute atomic E-state index is 8.98. The van der Waals surface area contributed by atoms with Gasteiger partial charge in [0.2, 0.25) is 0 Å². The second-order valence-electron chi connectivity index (χ2n) is 3.32. The topological polar surface area (TPSA) is 53.6 Å². The molecule has 1 unspecified atom stereocenters. The Bertz CT molecular complexity index is 431. The predicted molar refractivity (Wildman–Crippen MR) is 59.2 cm³/mol. The zero-order valence-electron chi connectivity index (χ0n) is 9.20. The molecular weight excluding hydrogens is 188 g/mol. The molecule has 1 N–H and O–H groups in total. The van der Waals surface area contributed by atoms with Crippen molar-refractivity contribution in [2.75, 3.05) is 5.32 Å². The molecule has 0 saturated heterocycles. The van der Waals surface area contributed by atoms with Crippen LogP contribution in [0.15, 0.2) is 0 Å². The van der Waals surface area contributed by atoms with Crippen molar-refractivity contribution < 1.29 is 0 Å². The van der Waals surface area contributed by atoms with Gasteiger partial charge in [-0.05, 0) is 13.3 Å². The van der Waals surface area contributed by atoms with Crippen molar-refractivity contribution in [3.05, 3.63) is 11.3 Å². The van der Waals surface area contributed by atoms with Crippen LogP contribution >= 0.6 is 0 Å². The monoisotopic (exact) mass is 202 g/mol. The van der Waals surface area contributed by atoms with Crippen LogP contribution in [0.5, 0.6) is 0 Å². The smallest absolute Gasteiger partial charge is 0.143 e. The molecule has 1 rings (SSSR count). The van der Waals surface area contributed by atoms with Crippen LogP contribution in [0.1, 0.15) is 24.6 Å². The third-order valence-electron chi connectivity index (χ3n) is 2.25. The van der Waals surface area contributed by atoms with Crippen molar-refractivity contribution in [1.82, 2.24) is 9.78 Å². The SMILES string of the molecule is C#CC(CC)Nc1c(C#N)c(C)nn1C. The lowest BCUT2D eigenvalue weighted by Gasteiger charge is -2.12. The van der Waals surface area contributed by atoms with E-state index >= 15 is 0 Å².